The van der Waals surface area contributed by atoms with E-state index in [0.717, 1.165) is 58.4 Å². The second kappa shape index (κ2) is 14.5. The molecule has 1 heterocycles. The molecule has 53 heavy (non-hydrogen) atoms. The summed E-state index contributed by atoms with van der Waals surface area (Å²) in [5.74, 6) is 1.38. The van der Waals surface area contributed by atoms with E-state index in [1.165, 1.54) is 50.5 Å². The molecule has 1 N–H and O–H groups in total. The number of fused-ring (bicyclic) bond motifs is 7. The lowest BCUT2D eigenvalue weighted by Crippen LogP contribution is -2.66. The van der Waals surface area contributed by atoms with Crippen LogP contribution in [0.5, 0.6) is 0 Å². The second-order valence-electron chi connectivity index (χ2n) is 20.9. The Morgan fingerprint density at radius 3 is 2.13 bits per heavy atom. The fraction of sp³-hybridized carbons (Fsp3) is 0.889. The van der Waals surface area contributed by atoms with Crippen LogP contribution in [0.1, 0.15) is 139 Å². The number of likely N-dealkylation sites (N-methyl/N-ethyl adjacent to an activating group) is 1. The van der Waals surface area contributed by atoms with E-state index in [1.54, 1.807) is 13.8 Å². The number of carbonyl (C=O) groups is 3. The molecule has 10 atom stereocenters. The summed E-state index contributed by atoms with van der Waals surface area (Å²) < 4.78 is 12.2. The minimum atomic E-state index is -1.14. The topological polar surface area (TPSA) is 96.4 Å². The summed E-state index contributed by atoms with van der Waals surface area (Å²) in [6.45, 7) is 30.7. The van der Waals surface area contributed by atoms with E-state index in [0.29, 0.717) is 42.7 Å². The van der Waals surface area contributed by atoms with Gasteiger partial charge in [0.2, 0.25) is 0 Å². The molecule has 8 nitrogen and oxygen atoms in total. The SMILES string of the molecule is C=C(C)C1CC[C@]2(CCOC(=O)CN3CCN(CC)CC3)CC[C@]3(C)[C@H](CC[C@@H]4[C@@]5(C)CC[C@H](OC(=O)CC(C)(C)C(=O)O)C(C)(C)[C@@H]5CC[C@]43C)[C@@H]12. The largest absolute Gasteiger partial charge is 0.481 e. The second-order valence-corrected chi connectivity index (χ2v) is 20.9. The van der Waals surface area contributed by atoms with Crippen molar-refractivity contribution in [3.8, 4) is 0 Å². The van der Waals surface area contributed by atoms with Crippen molar-refractivity contribution in [2.45, 2.75) is 145 Å². The van der Waals surface area contributed by atoms with E-state index in [2.05, 4.69) is 64.8 Å². The van der Waals surface area contributed by atoms with Crippen LogP contribution in [0.15, 0.2) is 12.2 Å². The predicted molar refractivity (Wildman–Crippen MR) is 209 cm³/mol. The Morgan fingerprint density at radius 2 is 1.49 bits per heavy atom. The molecule has 6 fully saturated rings. The number of aliphatic carboxylic acids is 1. The van der Waals surface area contributed by atoms with Gasteiger partial charge in [0.1, 0.15) is 6.10 Å². The first-order valence-corrected chi connectivity index (χ1v) is 21.4. The number of hydrogen-bond donors (Lipinski definition) is 1. The van der Waals surface area contributed by atoms with E-state index < -0.39 is 11.4 Å². The number of carbonyl (C=O) groups excluding carboxylic acids is 2. The maximum Gasteiger partial charge on any atom is 0.320 e. The number of carboxylic acids is 1. The van der Waals surface area contributed by atoms with Gasteiger partial charge in [-0.05, 0) is 149 Å². The van der Waals surface area contributed by atoms with Gasteiger partial charge in [-0.3, -0.25) is 19.3 Å². The van der Waals surface area contributed by atoms with E-state index in [1.807, 2.05) is 0 Å². The standard InChI is InChI=1S/C45H74N2O6/c1-11-46-23-25-47(26-24-46)29-37(49)52-27-22-45-19-14-31(30(2)3)38(45)32-12-13-34-42(8)17-16-35(53-36(48)28-40(4,5)39(50)51)41(6,7)33(42)15-18-44(34,10)43(32,9)20-21-45/h31-35,38H,2,11-29H2,1,3-10H3,(H,50,51)/t31?,32-,33+,34-,35+,38-,42+,43-,44-,45-/m1/s1. The number of ether oxygens (including phenoxy) is 2. The molecule has 1 aliphatic heterocycles. The third-order valence-corrected chi connectivity index (χ3v) is 17.7. The Labute approximate surface area is 321 Å². The number of carboxylic acid groups (broad SMARTS) is 1. The average molecular weight is 739 g/mol. The zero-order chi connectivity index (χ0) is 38.8. The van der Waals surface area contributed by atoms with Crippen LogP contribution in [0.3, 0.4) is 0 Å². The van der Waals surface area contributed by atoms with Crippen LogP contribution in [-0.2, 0) is 23.9 Å². The lowest BCUT2D eigenvalue weighted by molar-refractivity contribution is -0.251. The van der Waals surface area contributed by atoms with Gasteiger partial charge in [-0.1, -0.05) is 53.7 Å². The number of rotatable bonds is 11. The highest BCUT2D eigenvalue weighted by molar-refractivity contribution is 5.81. The van der Waals surface area contributed by atoms with Gasteiger partial charge in [-0.25, -0.2) is 0 Å². The minimum Gasteiger partial charge on any atom is -0.481 e. The molecule has 300 valence electrons. The van der Waals surface area contributed by atoms with Gasteiger partial charge in [0.05, 0.1) is 25.0 Å². The van der Waals surface area contributed by atoms with Crippen LogP contribution in [-0.4, -0.2) is 84.8 Å². The van der Waals surface area contributed by atoms with Crippen LogP contribution >= 0.6 is 0 Å². The number of nitrogens with zero attached hydrogens (tertiary/aromatic N) is 2. The number of allylic oxidation sites excluding steroid dienone is 1. The van der Waals surface area contributed by atoms with Crippen LogP contribution in [0.25, 0.3) is 0 Å². The van der Waals surface area contributed by atoms with Crippen molar-refractivity contribution in [2.24, 2.45) is 62.1 Å². The third kappa shape index (κ3) is 6.95. The molecule has 0 aromatic heterocycles. The first kappa shape index (κ1) is 40.7. The minimum absolute atomic E-state index is 0.0625. The number of esters is 2. The van der Waals surface area contributed by atoms with Crippen molar-refractivity contribution >= 4 is 17.9 Å². The zero-order valence-electron chi connectivity index (χ0n) is 35.0. The van der Waals surface area contributed by atoms with E-state index in [-0.39, 0.29) is 51.5 Å². The van der Waals surface area contributed by atoms with Gasteiger partial charge in [0, 0.05) is 31.6 Å². The van der Waals surface area contributed by atoms with Gasteiger partial charge in [-0.2, -0.15) is 0 Å². The highest BCUT2D eigenvalue weighted by Gasteiger charge is 2.71. The predicted octanol–water partition coefficient (Wildman–Crippen LogP) is 8.63. The summed E-state index contributed by atoms with van der Waals surface area (Å²) in [5.41, 5.74) is 0.827. The Hall–Kier alpha value is -1.93. The summed E-state index contributed by atoms with van der Waals surface area (Å²) >= 11 is 0. The molecular formula is C45H74N2O6. The van der Waals surface area contributed by atoms with Crippen molar-refractivity contribution in [3.05, 3.63) is 12.2 Å². The van der Waals surface area contributed by atoms with Gasteiger partial charge >= 0.3 is 17.9 Å². The first-order chi connectivity index (χ1) is 24.7. The maximum absolute atomic E-state index is 13.1. The number of piperazine rings is 1. The van der Waals surface area contributed by atoms with Gasteiger partial charge in [-0.15, -0.1) is 0 Å². The summed E-state index contributed by atoms with van der Waals surface area (Å²) in [5, 5.41) is 9.62. The fourth-order valence-corrected chi connectivity index (χ4v) is 14.4. The molecule has 1 unspecified atom stereocenters. The van der Waals surface area contributed by atoms with Crippen molar-refractivity contribution in [1.29, 1.82) is 0 Å². The average Bonchev–Trinajstić information content (AvgIpc) is 3.46. The smallest absolute Gasteiger partial charge is 0.320 e. The van der Waals surface area contributed by atoms with Gasteiger partial charge < -0.3 is 19.5 Å². The molecule has 0 aromatic carbocycles. The van der Waals surface area contributed by atoms with Crippen LogP contribution in [0, 0.1) is 62.1 Å². The normalized spacial score (nSPS) is 41.3. The molecule has 5 saturated carbocycles. The molecule has 0 bridgehead atoms. The summed E-state index contributed by atoms with van der Waals surface area (Å²) in [6.07, 6.45) is 12.3. The molecule has 0 radical (unpaired) electrons. The fourth-order valence-electron chi connectivity index (χ4n) is 14.4. The Kier molecular flexibility index (Phi) is 11.2. The first-order valence-electron chi connectivity index (χ1n) is 21.4. The van der Waals surface area contributed by atoms with E-state index >= 15 is 0 Å². The van der Waals surface area contributed by atoms with E-state index in [4.69, 9.17) is 9.47 Å². The molecule has 6 rings (SSSR count). The van der Waals surface area contributed by atoms with Crippen LogP contribution < -0.4 is 0 Å². The molecule has 6 aliphatic rings. The van der Waals surface area contributed by atoms with Crippen molar-refractivity contribution in [3.63, 3.8) is 0 Å². The highest BCUT2D eigenvalue weighted by atomic mass is 16.5. The van der Waals surface area contributed by atoms with Gasteiger partial charge in [0.15, 0.2) is 0 Å². The van der Waals surface area contributed by atoms with E-state index in [9.17, 15) is 19.5 Å². The third-order valence-electron chi connectivity index (χ3n) is 17.7. The maximum atomic E-state index is 13.1. The monoisotopic (exact) mass is 739 g/mol. The lowest BCUT2D eigenvalue weighted by atomic mass is 9.32. The van der Waals surface area contributed by atoms with Crippen molar-refractivity contribution in [2.75, 3.05) is 45.9 Å². The lowest BCUT2D eigenvalue weighted by Gasteiger charge is -2.73. The van der Waals surface area contributed by atoms with Gasteiger partial charge in [0.25, 0.3) is 0 Å². The van der Waals surface area contributed by atoms with Crippen molar-refractivity contribution in [1.82, 2.24) is 9.80 Å². The molecule has 8 heteroatoms. The quantitative estimate of drug-likeness (QED) is 0.166. The molecule has 0 aromatic rings. The zero-order valence-corrected chi connectivity index (χ0v) is 35.0. The molecular weight excluding hydrogens is 665 g/mol. The molecule has 1 saturated heterocycles. The Bertz CT molecular complexity index is 1420. The Balaban J connectivity index is 1.16. The molecule has 0 spiro atoms. The van der Waals surface area contributed by atoms with Crippen LogP contribution in [0.2, 0.25) is 0 Å². The summed E-state index contributed by atoms with van der Waals surface area (Å²) in [6, 6.07) is 0. The molecule has 5 aliphatic carbocycles. The number of hydrogen-bond acceptors (Lipinski definition) is 7. The highest BCUT2D eigenvalue weighted by Crippen LogP contribution is 2.78. The molecule has 0 amide bonds. The summed E-state index contributed by atoms with van der Waals surface area (Å²) in [7, 11) is 0. The summed E-state index contributed by atoms with van der Waals surface area (Å²) in [4.78, 5) is 42.6. The van der Waals surface area contributed by atoms with Crippen molar-refractivity contribution < 1.29 is 29.0 Å². The van der Waals surface area contributed by atoms with Crippen LogP contribution in [0.4, 0.5) is 0 Å². The Morgan fingerprint density at radius 1 is 0.811 bits per heavy atom.